The van der Waals surface area contributed by atoms with Crippen LogP contribution in [-0.4, -0.2) is 15.7 Å². The fraction of sp³-hybridized carbons (Fsp3) is 0.214. The molecule has 1 aliphatic heterocycles. The minimum absolute atomic E-state index is 0.158. The van der Waals surface area contributed by atoms with Gasteiger partial charge in [-0.05, 0) is 30.2 Å². The van der Waals surface area contributed by atoms with E-state index in [-0.39, 0.29) is 11.6 Å². The summed E-state index contributed by atoms with van der Waals surface area (Å²) in [6.45, 7) is 3.70. The lowest BCUT2D eigenvalue weighted by Crippen LogP contribution is -2.41. The molecule has 0 bridgehead atoms. The minimum Gasteiger partial charge on any atom is -0.329 e. The molecule has 1 N–H and O–H groups in total. The summed E-state index contributed by atoms with van der Waals surface area (Å²) in [5, 5.41) is 10.2. The van der Waals surface area contributed by atoms with Crippen LogP contribution in [0, 0.1) is 4.91 Å². The zero-order valence-electron chi connectivity index (χ0n) is 11.1. The quantitative estimate of drug-likeness (QED) is 0.850. The fourth-order valence-corrected chi connectivity index (χ4v) is 2.47. The summed E-state index contributed by atoms with van der Waals surface area (Å²) in [7, 11) is 0. The highest BCUT2D eigenvalue weighted by atomic mass is 16.3. The molecule has 0 radical (unpaired) electrons. The summed E-state index contributed by atoms with van der Waals surface area (Å²) < 4.78 is 1.15. The van der Waals surface area contributed by atoms with Crippen LogP contribution in [0.2, 0.25) is 0 Å². The number of amides is 1. The second-order valence-electron chi connectivity index (χ2n) is 4.87. The number of nitroso groups, excluding NO2 is 1. The number of rotatable bonds is 2. The van der Waals surface area contributed by atoms with E-state index in [1.165, 1.54) is 12.3 Å². The Labute approximate surface area is 119 Å². The Kier molecular flexibility index (Phi) is 3.09. The smallest absolute Gasteiger partial charge is 0.275 e. The van der Waals surface area contributed by atoms with Gasteiger partial charge in [0, 0.05) is 11.1 Å². The second-order valence-corrected chi connectivity index (χ2v) is 4.87. The van der Waals surface area contributed by atoms with Gasteiger partial charge in [0.05, 0.1) is 11.6 Å². The van der Waals surface area contributed by atoms with Gasteiger partial charge >= 0.3 is 0 Å². The molecular weight excluding hydrogens is 272 g/mol. The van der Waals surface area contributed by atoms with E-state index in [9.17, 15) is 14.5 Å². The highest BCUT2D eigenvalue weighted by molar-refractivity contribution is 5.91. The first-order chi connectivity index (χ1) is 10.1. The molecule has 1 unspecified atom stereocenters. The lowest BCUT2D eigenvalue weighted by molar-refractivity contribution is -0.125. The average Bonchev–Trinajstić information content (AvgIpc) is 2.48. The molecule has 0 aliphatic carbocycles. The number of hydrogen-bond acceptors (Lipinski definition) is 5. The van der Waals surface area contributed by atoms with Crippen LogP contribution in [0.25, 0.3) is 10.8 Å². The van der Waals surface area contributed by atoms with E-state index in [4.69, 9.17) is 0 Å². The normalized spacial score (nSPS) is 18.6. The maximum Gasteiger partial charge on any atom is 0.275 e. The number of piperidine rings is 1. The van der Waals surface area contributed by atoms with Gasteiger partial charge in [0.2, 0.25) is 5.91 Å². The van der Waals surface area contributed by atoms with Crippen molar-refractivity contribution in [3.63, 3.8) is 0 Å². The summed E-state index contributed by atoms with van der Waals surface area (Å²) in [5.41, 5.74) is 0.383. The van der Waals surface area contributed by atoms with Gasteiger partial charge in [0.25, 0.3) is 5.56 Å². The SMILES string of the molecule is C=C1CCC(n2ncc3c(N=O)cccc3c2=O)C(=O)N1. The molecule has 106 valence electrons. The largest absolute Gasteiger partial charge is 0.329 e. The molecule has 21 heavy (non-hydrogen) atoms. The highest BCUT2D eigenvalue weighted by Gasteiger charge is 2.27. The van der Waals surface area contributed by atoms with Gasteiger partial charge in [-0.3, -0.25) is 9.59 Å². The molecule has 1 aromatic heterocycles. The fourth-order valence-electron chi connectivity index (χ4n) is 2.47. The van der Waals surface area contributed by atoms with Crippen molar-refractivity contribution in [3.05, 3.63) is 51.9 Å². The number of fused-ring (bicyclic) bond motifs is 1. The van der Waals surface area contributed by atoms with E-state index in [0.717, 1.165) is 4.68 Å². The van der Waals surface area contributed by atoms with Gasteiger partial charge in [-0.2, -0.15) is 5.10 Å². The molecule has 1 fully saturated rings. The molecule has 2 heterocycles. The van der Waals surface area contributed by atoms with Gasteiger partial charge in [-0.1, -0.05) is 12.6 Å². The molecule has 7 heteroatoms. The van der Waals surface area contributed by atoms with E-state index in [2.05, 4.69) is 22.2 Å². The van der Waals surface area contributed by atoms with Crippen molar-refractivity contribution in [2.24, 2.45) is 5.18 Å². The van der Waals surface area contributed by atoms with E-state index in [1.54, 1.807) is 12.1 Å². The number of nitrogens with one attached hydrogen (secondary N) is 1. The van der Waals surface area contributed by atoms with Crippen molar-refractivity contribution < 1.29 is 4.79 Å². The zero-order chi connectivity index (χ0) is 15.0. The van der Waals surface area contributed by atoms with Crippen LogP contribution in [0.3, 0.4) is 0 Å². The third-order valence-corrected chi connectivity index (χ3v) is 3.55. The molecule has 1 aliphatic rings. The third kappa shape index (κ3) is 2.12. The Morgan fingerprint density at radius 3 is 2.86 bits per heavy atom. The van der Waals surface area contributed by atoms with Gasteiger partial charge in [-0.25, -0.2) is 4.68 Å². The van der Waals surface area contributed by atoms with Gasteiger partial charge in [-0.15, -0.1) is 4.91 Å². The number of hydrogen-bond donors (Lipinski definition) is 1. The van der Waals surface area contributed by atoms with Crippen LogP contribution < -0.4 is 10.9 Å². The van der Waals surface area contributed by atoms with Crippen molar-refractivity contribution in [2.75, 3.05) is 0 Å². The maximum absolute atomic E-state index is 12.5. The molecule has 1 saturated heterocycles. The Morgan fingerprint density at radius 1 is 1.33 bits per heavy atom. The van der Waals surface area contributed by atoms with E-state index >= 15 is 0 Å². The lowest BCUT2D eigenvalue weighted by atomic mass is 10.0. The van der Waals surface area contributed by atoms with Crippen LogP contribution in [0.15, 0.2) is 46.6 Å². The summed E-state index contributed by atoms with van der Waals surface area (Å²) in [6.07, 6.45) is 2.46. The molecule has 1 atom stereocenters. The van der Waals surface area contributed by atoms with Crippen LogP contribution in [0.4, 0.5) is 5.69 Å². The van der Waals surface area contributed by atoms with E-state index in [0.29, 0.717) is 29.3 Å². The first-order valence-corrected chi connectivity index (χ1v) is 6.44. The average molecular weight is 284 g/mol. The maximum atomic E-state index is 12.5. The predicted octanol–water partition coefficient (Wildman–Crippen LogP) is 1.76. The van der Waals surface area contributed by atoms with E-state index in [1.807, 2.05) is 0 Å². The van der Waals surface area contributed by atoms with Crippen molar-refractivity contribution in [1.29, 1.82) is 0 Å². The summed E-state index contributed by atoms with van der Waals surface area (Å²) in [5.74, 6) is -0.301. The first kappa shape index (κ1) is 13.2. The van der Waals surface area contributed by atoms with E-state index < -0.39 is 11.6 Å². The molecule has 1 amide bonds. The van der Waals surface area contributed by atoms with Crippen LogP contribution in [-0.2, 0) is 4.79 Å². The highest BCUT2D eigenvalue weighted by Crippen LogP contribution is 2.24. The number of carbonyl (C=O) groups excluding carboxylic acids is 1. The molecular formula is C14H12N4O3. The minimum atomic E-state index is -0.666. The second kappa shape index (κ2) is 4.93. The molecule has 2 aromatic rings. The number of nitrogens with zero attached hydrogens (tertiary/aromatic N) is 3. The molecule has 7 nitrogen and oxygen atoms in total. The summed E-state index contributed by atoms with van der Waals surface area (Å²) in [6, 6.07) is 4.01. The monoisotopic (exact) mass is 284 g/mol. The van der Waals surface area contributed by atoms with Gasteiger partial charge < -0.3 is 5.32 Å². The van der Waals surface area contributed by atoms with Gasteiger partial charge in [0.1, 0.15) is 11.7 Å². The Balaban J connectivity index is 2.15. The first-order valence-electron chi connectivity index (χ1n) is 6.44. The molecule has 0 saturated carbocycles. The van der Waals surface area contributed by atoms with Gasteiger partial charge in [0.15, 0.2) is 0 Å². The molecule has 0 spiro atoms. The van der Waals surface area contributed by atoms with Crippen LogP contribution >= 0.6 is 0 Å². The summed E-state index contributed by atoms with van der Waals surface area (Å²) in [4.78, 5) is 35.2. The lowest BCUT2D eigenvalue weighted by Gasteiger charge is -2.24. The molecule has 3 rings (SSSR count). The standard InChI is InChI=1S/C14H12N4O3/c1-8-5-6-12(13(19)16-8)18-14(20)9-3-2-4-11(17-21)10(9)7-15-18/h2-4,7,12H,1,5-6H2,(H,16,19). The topological polar surface area (TPSA) is 93.4 Å². The molecule has 1 aromatic carbocycles. The van der Waals surface area contributed by atoms with Crippen LogP contribution in [0.5, 0.6) is 0 Å². The Morgan fingerprint density at radius 2 is 2.14 bits per heavy atom. The Hall–Kier alpha value is -2.83. The van der Waals surface area contributed by atoms with Crippen molar-refractivity contribution in [1.82, 2.24) is 15.1 Å². The van der Waals surface area contributed by atoms with Crippen molar-refractivity contribution in [3.8, 4) is 0 Å². The predicted molar refractivity (Wildman–Crippen MR) is 77.0 cm³/mol. The number of carbonyl (C=O) groups is 1. The zero-order valence-corrected chi connectivity index (χ0v) is 11.1. The number of aromatic nitrogens is 2. The van der Waals surface area contributed by atoms with Crippen molar-refractivity contribution in [2.45, 2.75) is 18.9 Å². The third-order valence-electron chi connectivity index (χ3n) is 3.55. The number of allylic oxidation sites excluding steroid dienone is 1. The van der Waals surface area contributed by atoms with Crippen LogP contribution in [0.1, 0.15) is 18.9 Å². The summed E-state index contributed by atoms with van der Waals surface area (Å²) >= 11 is 0. The number of benzene rings is 1. The Bertz CT molecular complexity index is 825. The van der Waals surface area contributed by atoms with Crippen molar-refractivity contribution >= 4 is 22.4 Å².